The predicted molar refractivity (Wildman–Crippen MR) is 122 cm³/mol. The van der Waals surface area contributed by atoms with E-state index in [4.69, 9.17) is 11.6 Å². The first-order valence-corrected chi connectivity index (χ1v) is 9.64. The van der Waals surface area contributed by atoms with Gasteiger partial charge >= 0.3 is 0 Å². The molecule has 7 heteroatoms. The maximum absolute atomic E-state index is 6.11. The zero-order valence-electron chi connectivity index (χ0n) is 15.9. The average molecular weight is 492 g/mol. The molecular weight excluding hydrogens is 461 g/mol. The Morgan fingerprint density at radius 1 is 1.38 bits per heavy atom. The fraction of sp³-hybridized carbons (Fsp3) is 0.632. The van der Waals surface area contributed by atoms with Crippen LogP contribution >= 0.6 is 35.6 Å². The lowest BCUT2D eigenvalue weighted by Crippen LogP contribution is -2.48. The van der Waals surface area contributed by atoms with Crippen LogP contribution in [-0.2, 0) is 0 Å². The first-order valence-electron chi connectivity index (χ1n) is 9.26. The Kier molecular flexibility index (Phi) is 8.29. The van der Waals surface area contributed by atoms with Gasteiger partial charge in [0.05, 0.1) is 0 Å². The minimum Gasteiger partial charge on any atom is -0.369 e. The summed E-state index contributed by atoms with van der Waals surface area (Å²) < 4.78 is 0. The number of hydrogen-bond donors (Lipinski definition) is 2. The van der Waals surface area contributed by atoms with Gasteiger partial charge in [-0.3, -0.25) is 9.89 Å². The molecule has 146 valence electrons. The summed E-state index contributed by atoms with van der Waals surface area (Å²) in [4.78, 5) is 9.24. The largest absolute Gasteiger partial charge is 0.369 e. The lowest BCUT2D eigenvalue weighted by molar-refractivity contribution is 0.247. The van der Waals surface area contributed by atoms with Gasteiger partial charge in [-0.2, -0.15) is 0 Å². The van der Waals surface area contributed by atoms with Gasteiger partial charge in [-0.15, -0.1) is 24.0 Å². The number of benzene rings is 1. The van der Waals surface area contributed by atoms with Gasteiger partial charge in [0.1, 0.15) is 0 Å². The minimum absolute atomic E-state index is 0. The smallest absolute Gasteiger partial charge is 0.191 e. The van der Waals surface area contributed by atoms with Gasteiger partial charge in [-0.1, -0.05) is 17.7 Å². The van der Waals surface area contributed by atoms with Gasteiger partial charge in [-0.25, -0.2) is 0 Å². The van der Waals surface area contributed by atoms with E-state index in [1.54, 1.807) is 0 Å². The quantitative estimate of drug-likeness (QED) is 0.364. The van der Waals surface area contributed by atoms with E-state index in [1.807, 2.05) is 25.2 Å². The zero-order valence-corrected chi connectivity index (χ0v) is 19.0. The van der Waals surface area contributed by atoms with Crippen molar-refractivity contribution < 1.29 is 0 Å². The highest BCUT2D eigenvalue weighted by atomic mass is 127. The number of guanidine groups is 1. The molecular formula is C19H31ClIN5. The Labute approximate surface area is 179 Å². The molecule has 1 aliphatic carbocycles. The molecule has 2 unspecified atom stereocenters. The number of halogens is 2. The van der Waals surface area contributed by atoms with Crippen molar-refractivity contribution in [3.8, 4) is 0 Å². The van der Waals surface area contributed by atoms with Gasteiger partial charge in [-0.05, 0) is 51.4 Å². The second-order valence-corrected chi connectivity index (χ2v) is 7.69. The van der Waals surface area contributed by atoms with E-state index >= 15 is 0 Å². The summed E-state index contributed by atoms with van der Waals surface area (Å²) in [6.07, 6.45) is 3.79. The van der Waals surface area contributed by atoms with E-state index in [1.165, 1.54) is 18.5 Å². The number of nitrogens with one attached hydrogen (secondary N) is 2. The van der Waals surface area contributed by atoms with E-state index in [-0.39, 0.29) is 24.0 Å². The van der Waals surface area contributed by atoms with Crippen LogP contribution in [0, 0.1) is 0 Å². The molecule has 2 atom stereocenters. The average Bonchev–Trinajstić information content (AvgIpc) is 3.36. The third-order valence-corrected chi connectivity index (χ3v) is 5.54. The molecule has 0 amide bonds. The number of nitrogens with zero attached hydrogens (tertiary/aromatic N) is 3. The highest BCUT2D eigenvalue weighted by molar-refractivity contribution is 14.0. The Hall–Kier alpha value is -0.730. The maximum atomic E-state index is 6.11. The van der Waals surface area contributed by atoms with E-state index in [9.17, 15) is 0 Å². The standard InChI is InChI=1S/C19H30ClN5.HI/c1-14(24(3)17-7-8-17)12-22-19(21-2)23-16-9-10-25(13-16)18-6-4-5-15(20)11-18;/h4-6,11,14,16-17H,7-10,12-13H2,1-3H3,(H2,21,22,23);1H. The summed E-state index contributed by atoms with van der Waals surface area (Å²) in [6.45, 7) is 5.20. The third kappa shape index (κ3) is 5.89. The van der Waals surface area contributed by atoms with Crippen LogP contribution in [0.1, 0.15) is 26.2 Å². The molecule has 26 heavy (non-hydrogen) atoms. The first-order chi connectivity index (χ1) is 12.1. The van der Waals surface area contributed by atoms with Crippen LogP contribution in [0.4, 0.5) is 5.69 Å². The van der Waals surface area contributed by atoms with Gasteiger partial charge in [0.2, 0.25) is 0 Å². The predicted octanol–water partition coefficient (Wildman–Crippen LogP) is 3.18. The molecule has 1 heterocycles. The molecule has 0 aromatic heterocycles. The molecule has 2 aliphatic rings. The number of aliphatic imine (C=N–C) groups is 1. The molecule has 1 aromatic rings. The molecule has 1 aliphatic heterocycles. The number of hydrogen-bond acceptors (Lipinski definition) is 3. The molecule has 3 rings (SSSR count). The van der Waals surface area contributed by atoms with Crippen molar-refractivity contribution in [1.82, 2.24) is 15.5 Å². The van der Waals surface area contributed by atoms with Crippen molar-refractivity contribution >= 4 is 47.2 Å². The first kappa shape index (κ1) is 21.6. The second-order valence-electron chi connectivity index (χ2n) is 7.25. The number of likely N-dealkylation sites (N-methyl/N-ethyl adjacent to an activating group) is 1. The monoisotopic (exact) mass is 491 g/mol. The summed E-state index contributed by atoms with van der Waals surface area (Å²) in [5.74, 6) is 0.897. The molecule has 1 saturated heterocycles. The minimum atomic E-state index is 0. The molecule has 0 bridgehead atoms. The van der Waals surface area contributed by atoms with Crippen molar-refractivity contribution in [3.05, 3.63) is 29.3 Å². The normalized spacial score (nSPS) is 21.5. The highest BCUT2D eigenvalue weighted by Crippen LogP contribution is 2.26. The van der Waals surface area contributed by atoms with Crippen LogP contribution in [0.25, 0.3) is 0 Å². The van der Waals surface area contributed by atoms with Crippen molar-refractivity contribution in [1.29, 1.82) is 0 Å². The third-order valence-electron chi connectivity index (χ3n) is 5.31. The van der Waals surface area contributed by atoms with Crippen molar-refractivity contribution in [2.45, 2.75) is 44.3 Å². The summed E-state index contributed by atoms with van der Waals surface area (Å²) >= 11 is 6.11. The Balaban J connectivity index is 0.00000243. The fourth-order valence-corrected chi connectivity index (χ4v) is 3.59. The zero-order chi connectivity index (χ0) is 17.8. The highest BCUT2D eigenvalue weighted by Gasteiger charge is 2.29. The van der Waals surface area contributed by atoms with Crippen LogP contribution in [0.3, 0.4) is 0 Å². The van der Waals surface area contributed by atoms with Gasteiger partial charge in [0.15, 0.2) is 5.96 Å². The molecule has 2 N–H and O–H groups in total. The van der Waals surface area contributed by atoms with Crippen LogP contribution in [0.15, 0.2) is 29.3 Å². The number of rotatable bonds is 6. The summed E-state index contributed by atoms with van der Waals surface area (Å²) in [6, 6.07) is 9.79. The van der Waals surface area contributed by atoms with Crippen LogP contribution in [0.2, 0.25) is 5.02 Å². The van der Waals surface area contributed by atoms with Crippen molar-refractivity contribution in [3.63, 3.8) is 0 Å². The van der Waals surface area contributed by atoms with Crippen LogP contribution in [0.5, 0.6) is 0 Å². The molecule has 1 saturated carbocycles. The van der Waals surface area contributed by atoms with E-state index < -0.39 is 0 Å². The molecule has 0 radical (unpaired) electrons. The summed E-state index contributed by atoms with van der Waals surface area (Å²) in [5, 5.41) is 7.84. The molecule has 1 aromatic carbocycles. The topological polar surface area (TPSA) is 42.9 Å². The SMILES string of the molecule is CN=C(NCC(C)N(C)C1CC1)NC1CCN(c2cccc(Cl)c2)C1.I. The van der Waals surface area contributed by atoms with Crippen LogP contribution < -0.4 is 15.5 Å². The molecule has 5 nitrogen and oxygen atoms in total. The van der Waals surface area contributed by atoms with E-state index in [0.29, 0.717) is 12.1 Å². The van der Waals surface area contributed by atoms with Crippen molar-refractivity contribution in [2.75, 3.05) is 38.6 Å². The molecule has 2 fully saturated rings. The van der Waals surface area contributed by atoms with Crippen molar-refractivity contribution in [2.24, 2.45) is 4.99 Å². The Bertz CT molecular complexity index is 607. The lowest BCUT2D eigenvalue weighted by atomic mass is 10.2. The van der Waals surface area contributed by atoms with Gasteiger partial charge in [0, 0.05) is 55.5 Å². The summed E-state index contributed by atoms with van der Waals surface area (Å²) in [5.41, 5.74) is 1.19. The van der Waals surface area contributed by atoms with E-state index in [2.05, 4.69) is 45.5 Å². The molecule has 0 spiro atoms. The van der Waals surface area contributed by atoms with E-state index in [0.717, 1.165) is 43.1 Å². The number of anilines is 1. The fourth-order valence-electron chi connectivity index (χ4n) is 3.40. The van der Waals surface area contributed by atoms with Gasteiger partial charge < -0.3 is 15.5 Å². The van der Waals surface area contributed by atoms with Crippen LogP contribution in [-0.4, -0.2) is 62.7 Å². The Morgan fingerprint density at radius 2 is 2.15 bits per heavy atom. The Morgan fingerprint density at radius 3 is 2.81 bits per heavy atom. The lowest BCUT2D eigenvalue weighted by Gasteiger charge is -2.26. The summed E-state index contributed by atoms with van der Waals surface area (Å²) in [7, 11) is 4.06. The second kappa shape index (κ2) is 9.99. The maximum Gasteiger partial charge on any atom is 0.191 e. The van der Waals surface area contributed by atoms with Gasteiger partial charge in [0.25, 0.3) is 0 Å².